The van der Waals surface area contributed by atoms with Crippen molar-refractivity contribution in [3.8, 4) is 0 Å². The van der Waals surface area contributed by atoms with Crippen LogP contribution in [0.3, 0.4) is 0 Å². The Hall–Kier alpha value is -1.36. The van der Waals surface area contributed by atoms with Crippen molar-refractivity contribution in [3.05, 3.63) is 57.2 Å². The van der Waals surface area contributed by atoms with Crippen LogP contribution in [0, 0.1) is 0 Å². The third kappa shape index (κ3) is 2.59. The summed E-state index contributed by atoms with van der Waals surface area (Å²) in [7, 11) is 0. The number of pyridine rings is 2. The van der Waals surface area contributed by atoms with E-state index < -0.39 is 0 Å². The minimum absolute atomic E-state index is 0.571. The molecule has 20 heavy (non-hydrogen) atoms. The number of hydrogen-bond donors (Lipinski definition) is 1. The van der Waals surface area contributed by atoms with Gasteiger partial charge in [0.15, 0.2) is 0 Å². The van der Waals surface area contributed by atoms with Crippen molar-refractivity contribution in [2.24, 2.45) is 0 Å². The molecule has 3 rings (SSSR count). The first-order valence-corrected chi connectivity index (χ1v) is 7.31. The molecule has 1 aromatic carbocycles. The lowest BCUT2D eigenvalue weighted by Crippen LogP contribution is -1.96. The topological polar surface area (TPSA) is 37.8 Å². The summed E-state index contributed by atoms with van der Waals surface area (Å²) < 4.78 is 0.782. The summed E-state index contributed by atoms with van der Waals surface area (Å²) in [6.45, 7) is 0. The average molecular weight is 369 g/mol. The van der Waals surface area contributed by atoms with Crippen LogP contribution < -0.4 is 5.32 Å². The van der Waals surface area contributed by atoms with Gasteiger partial charge in [-0.2, -0.15) is 0 Å². The highest BCUT2D eigenvalue weighted by molar-refractivity contribution is 9.10. The highest BCUT2D eigenvalue weighted by atomic mass is 79.9. The molecule has 0 aliphatic heterocycles. The van der Waals surface area contributed by atoms with Crippen LogP contribution >= 0.6 is 39.1 Å². The van der Waals surface area contributed by atoms with Gasteiger partial charge in [-0.15, -0.1) is 0 Å². The highest BCUT2D eigenvalue weighted by Gasteiger charge is 2.08. The van der Waals surface area contributed by atoms with Crippen LogP contribution in [-0.2, 0) is 0 Å². The van der Waals surface area contributed by atoms with E-state index in [0.29, 0.717) is 15.9 Å². The second-order valence-corrected chi connectivity index (χ2v) is 5.80. The van der Waals surface area contributed by atoms with E-state index >= 15 is 0 Å². The van der Waals surface area contributed by atoms with Gasteiger partial charge in [0, 0.05) is 17.8 Å². The van der Waals surface area contributed by atoms with Crippen molar-refractivity contribution in [3.63, 3.8) is 0 Å². The number of fused-ring (bicyclic) bond motifs is 1. The van der Waals surface area contributed by atoms with Crippen LogP contribution in [0.15, 0.2) is 47.2 Å². The van der Waals surface area contributed by atoms with Crippen LogP contribution in [0.5, 0.6) is 0 Å². The van der Waals surface area contributed by atoms with Crippen molar-refractivity contribution in [1.82, 2.24) is 9.97 Å². The number of nitrogens with zero attached hydrogens (tertiary/aromatic N) is 2. The Morgan fingerprint density at radius 1 is 1.10 bits per heavy atom. The highest BCUT2D eigenvalue weighted by Crippen LogP contribution is 2.32. The number of anilines is 2. The van der Waals surface area contributed by atoms with E-state index in [9.17, 15) is 0 Å². The van der Waals surface area contributed by atoms with Crippen molar-refractivity contribution in [2.45, 2.75) is 0 Å². The number of hydrogen-bond acceptors (Lipinski definition) is 3. The van der Waals surface area contributed by atoms with E-state index in [1.807, 2.05) is 24.3 Å². The molecule has 0 radical (unpaired) electrons. The molecule has 1 N–H and O–H groups in total. The summed E-state index contributed by atoms with van der Waals surface area (Å²) in [5.74, 6) is 0.670. The van der Waals surface area contributed by atoms with E-state index in [1.54, 1.807) is 18.5 Å². The minimum Gasteiger partial charge on any atom is -0.338 e. The van der Waals surface area contributed by atoms with Crippen molar-refractivity contribution in [1.29, 1.82) is 0 Å². The Kier molecular flexibility index (Phi) is 3.78. The number of aromatic nitrogens is 2. The van der Waals surface area contributed by atoms with Gasteiger partial charge in [-0.25, -0.2) is 4.98 Å². The monoisotopic (exact) mass is 367 g/mol. The minimum atomic E-state index is 0.571. The van der Waals surface area contributed by atoms with E-state index in [4.69, 9.17) is 23.2 Å². The molecular formula is C14H8BrCl2N3. The Morgan fingerprint density at radius 3 is 2.75 bits per heavy atom. The zero-order valence-electron chi connectivity index (χ0n) is 10.1. The molecule has 0 saturated heterocycles. The normalized spacial score (nSPS) is 10.8. The summed E-state index contributed by atoms with van der Waals surface area (Å²) in [6.07, 6.45) is 3.31. The standard InChI is InChI=1S/C14H8BrCl2N3/c15-10-6-8(16)7-19-14(10)20-12-4-3-11(17)9-2-1-5-18-13(9)12/h1-7H,(H,19,20). The molecule has 2 aromatic heterocycles. The molecule has 3 aromatic rings. The average Bonchev–Trinajstić information content (AvgIpc) is 2.45. The van der Waals surface area contributed by atoms with Crippen LogP contribution in [0.4, 0.5) is 11.5 Å². The molecule has 2 heterocycles. The number of rotatable bonds is 2. The van der Waals surface area contributed by atoms with Crippen LogP contribution in [-0.4, -0.2) is 9.97 Å². The van der Waals surface area contributed by atoms with Gasteiger partial charge >= 0.3 is 0 Å². The van der Waals surface area contributed by atoms with E-state index in [1.165, 1.54) is 0 Å². The third-order valence-electron chi connectivity index (χ3n) is 2.78. The molecule has 0 aliphatic rings. The van der Waals surface area contributed by atoms with Gasteiger partial charge in [0.1, 0.15) is 5.82 Å². The lowest BCUT2D eigenvalue weighted by Gasteiger charge is -2.10. The first kappa shape index (κ1) is 13.6. The van der Waals surface area contributed by atoms with E-state index in [2.05, 4.69) is 31.2 Å². The van der Waals surface area contributed by atoms with Crippen LogP contribution in [0.2, 0.25) is 10.0 Å². The van der Waals surface area contributed by atoms with E-state index in [-0.39, 0.29) is 0 Å². The maximum atomic E-state index is 6.17. The maximum absolute atomic E-state index is 6.17. The van der Waals surface area contributed by atoms with Gasteiger partial charge in [-0.3, -0.25) is 4.98 Å². The zero-order valence-corrected chi connectivity index (χ0v) is 13.2. The van der Waals surface area contributed by atoms with Crippen LogP contribution in [0.25, 0.3) is 10.9 Å². The summed E-state index contributed by atoms with van der Waals surface area (Å²) in [5, 5.41) is 5.36. The molecule has 3 nitrogen and oxygen atoms in total. The Balaban J connectivity index is 2.09. The lowest BCUT2D eigenvalue weighted by molar-refractivity contribution is 1.29. The van der Waals surface area contributed by atoms with Gasteiger partial charge in [0.25, 0.3) is 0 Å². The summed E-state index contributed by atoms with van der Waals surface area (Å²) in [4.78, 5) is 8.62. The Morgan fingerprint density at radius 2 is 1.95 bits per heavy atom. The van der Waals surface area contributed by atoms with E-state index in [0.717, 1.165) is 21.1 Å². The predicted molar refractivity (Wildman–Crippen MR) is 87.0 cm³/mol. The molecular weight excluding hydrogens is 361 g/mol. The van der Waals surface area contributed by atoms with Crippen molar-refractivity contribution >= 4 is 61.5 Å². The fourth-order valence-corrected chi connectivity index (χ4v) is 2.83. The van der Waals surface area contributed by atoms with Crippen LogP contribution in [0.1, 0.15) is 0 Å². The third-order valence-corrected chi connectivity index (χ3v) is 3.92. The fraction of sp³-hybridized carbons (Fsp3) is 0. The Labute approximate surface area is 134 Å². The smallest absolute Gasteiger partial charge is 0.144 e. The van der Waals surface area contributed by atoms with Gasteiger partial charge < -0.3 is 5.32 Å². The van der Waals surface area contributed by atoms with Gasteiger partial charge in [-0.1, -0.05) is 23.2 Å². The number of benzene rings is 1. The SMILES string of the molecule is Clc1cnc(Nc2ccc(Cl)c3cccnc23)c(Br)c1. The first-order chi connectivity index (χ1) is 9.65. The molecule has 0 bridgehead atoms. The molecule has 0 amide bonds. The second kappa shape index (κ2) is 5.56. The molecule has 0 saturated carbocycles. The summed E-state index contributed by atoms with van der Waals surface area (Å²) in [5.41, 5.74) is 1.63. The molecule has 0 spiro atoms. The maximum Gasteiger partial charge on any atom is 0.144 e. The summed E-state index contributed by atoms with van der Waals surface area (Å²) >= 11 is 15.5. The quantitative estimate of drug-likeness (QED) is 0.654. The Bertz CT molecular complexity index is 792. The largest absolute Gasteiger partial charge is 0.338 e. The van der Waals surface area contributed by atoms with Gasteiger partial charge in [-0.05, 0) is 46.3 Å². The van der Waals surface area contributed by atoms with Gasteiger partial charge in [0.05, 0.1) is 25.7 Å². The number of nitrogens with one attached hydrogen (secondary N) is 1. The summed E-state index contributed by atoms with van der Waals surface area (Å²) in [6, 6.07) is 9.27. The van der Waals surface area contributed by atoms with Crippen molar-refractivity contribution in [2.75, 3.05) is 5.32 Å². The fourth-order valence-electron chi connectivity index (χ4n) is 1.87. The molecule has 100 valence electrons. The molecule has 0 fully saturated rings. The predicted octanol–water partition coefficient (Wildman–Crippen LogP) is 5.44. The molecule has 6 heteroatoms. The molecule has 0 atom stereocenters. The molecule has 0 unspecified atom stereocenters. The van der Waals surface area contributed by atoms with Gasteiger partial charge in [0.2, 0.25) is 0 Å². The first-order valence-electron chi connectivity index (χ1n) is 5.76. The van der Waals surface area contributed by atoms with Crippen molar-refractivity contribution < 1.29 is 0 Å². The second-order valence-electron chi connectivity index (χ2n) is 4.10. The lowest BCUT2D eigenvalue weighted by atomic mass is 10.2. The molecule has 0 aliphatic carbocycles. The number of halogens is 3. The zero-order chi connectivity index (χ0) is 14.1.